The molecule has 1 saturated heterocycles. The van der Waals surface area contributed by atoms with E-state index in [1.54, 1.807) is 16.2 Å². The lowest BCUT2D eigenvalue weighted by Gasteiger charge is -2.37. The van der Waals surface area contributed by atoms with Gasteiger partial charge in [-0.15, -0.1) is 11.3 Å². The lowest BCUT2D eigenvalue weighted by Crippen LogP contribution is -2.55. The normalized spacial score (nSPS) is 16.7. The monoisotopic (exact) mass is 502 g/mol. The van der Waals surface area contributed by atoms with Crippen LogP contribution in [0.2, 0.25) is 0 Å². The zero-order valence-electron chi connectivity index (χ0n) is 19.2. The Morgan fingerprint density at radius 1 is 1.17 bits per heavy atom. The van der Waals surface area contributed by atoms with Gasteiger partial charge in [0.1, 0.15) is 22.6 Å². The molecule has 3 heterocycles. The summed E-state index contributed by atoms with van der Waals surface area (Å²) in [4.78, 5) is 13.8. The average Bonchev–Trinajstić information content (AvgIpc) is 3.40. The number of aromatic nitrogens is 2. The molecule has 2 aromatic heterocycles. The molecule has 0 radical (unpaired) electrons. The van der Waals surface area contributed by atoms with Crippen LogP contribution in [-0.2, 0) is 19.3 Å². The predicted octanol–water partition coefficient (Wildman–Crippen LogP) is 4.83. The molecule has 1 fully saturated rings. The molecule has 35 heavy (non-hydrogen) atoms. The molecule has 1 aliphatic heterocycles. The van der Waals surface area contributed by atoms with Crippen molar-refractivity contribution in [3.05, 3.63) is 46.3 Å². The van der Waals surface area contributed by atoms with Gasteiger partial charge in [0.15, 0.2) is 0 Å². The summed E-state index contributed by atoms with van der Waals surface area (Å²) < 4.78 is 45.3. The number of benzene rings is 1. The Kier molecular flexibility index (Phi) is 6.12. The first-order valence-electron chi connectivity index (χ1n) is 11.5. The summed E-state index contributed by atoms with van der Waals surface area (Å²) in [6.07, 6.45) is -1.49. The molecule has 2 aliphatic rings. The topological polar surface area (TPSA) is 89.2 Å². The van der Waals surface area contributed by atoms with Gasteiger partial charge in [0.2, 0.25) is 5.84 Å². The van der Waals surface area contributed by atoms with Crippen molar-refractivity contribution in [1.29, 1.82) is 10.8 Å². The van der Waals surface area contributed by atoms with Crippen LogP contribution in [0.25, 0.3) is 10.2 Å². The van der Waals surface area contributed by atoms with E-state index < -0.39 is 12.0 Å². The third-order valence-electron chi connectivity index (χ3n) is 6.28. The summed E-state index contributed by atoms with van der Waals surface area (Å²) in [6.45, 7) is 2.08. The number of piperazine rings is 1. The Morgan fingerprint density at radius 2 is 1.89 bits per heavy atom. The molecule has 2 N–H and O–H groups in total. The lowest BCUT2D eigenvalue weighted by atomic mass is 10.1. The third-order valence-corrected chi connectivity index (χ3v) is 7.37. The van der Waals surface area contributed by atoms with E-state index in [2.05, 4.69) is 29.0 Å². The van der Waals surface area contributed by atoms with Gasteiger partial charge in [-0.05, 0) is 23.6 Å². The van der Waals surface area contributed by atoms with Crippen LogP contribution in [0.1, 0.15) is 29.3 Å². The summed E-state index contributed by atoms with van der Waals surface area (Å²) in [7, 11) is 0. The lowest BCUT2D eigenvalue weighted by molar-refractivity contribution is -0.0671. The summed E-state index contributed by atoms with van der Waals surface area (Å²) >= 11 is 1.56. The minimum absolute atomic E-state index is 0.0855. The average molecular weight is 503 g/mol. The number of amidine groups is 2. The maximum atomic E-state index is 13.0. The standard InChI is InChI=1S/C24H25F3N6OS/c1-2-5-17-12-18-20(32-8-9-33(19(28)13-32)22(29)24(25,26)27)30-23(31-21(18)35-17)34-16-10-14-6-3-4-7-15(14)11-16/h3-4,6-7,12,16,28-29H,2,5,8-11,13H2,1H3. The molecule has 0 saturated carbocycles. The Bertz CT molecular complexity index is 1260. The number of rotatable bonds is 5. The second-order valence-electron chi connectivity index (χ2n) is 8.79. The van der Waals surface area contributed by atoms with E-state index in [4.69, 9.17) is 15.6 Å². The zero-order chi connectivity index (χ0) is 24.7. The molecule has 184 valence electrons. The van der Waals surface area contributed by atoms with E-state index in [0.29, 0.717) is 10.7 Å². The number of nitrogens with one attached hydrogen (secondary N) is 2. The van der Waals surface area contributed by atoms with Crippen molar-refractivity contribution in [2.24, 2.45) is 0 Å². The third kappa shape index (κ3) is 4.69. The number of nitrogens with zero attached hydrogens (tertiary/aromatic N) is 4. The van der Waals surface area contributed by atoms with Crippen molar-refractivity contribution in [2.45, 2.75) is 44.9 Å². The van der Waals surface area contributed by atoms with Crippen LogP contribution in [0.3, 0.4) is 0 Å². The molecule has 7 nitrogen and oxygen atoms in total. The Morgan fingerprint density at radius 3 is 2.51 bits per heavy atom. The van der Waals surface area contributed by atoms with Gasteiger partial charge in [0.05, 0.1) is 11.9 Å². The number of thiophene rings is 1. The molecule has 0 unspecified atom stereocenters. The van der Waals surface area contributed by atoms with Gasteiger partial charge in [-0.2, -0.15) is 23.1 Å². The molecule has 5 rings (SSSR count). The highest BCUT2D eigenvalue weighted by molar-refractivity contribution is 7.18. The minimum Gasteiger partial charge on any atom is -0.459 e. The number of ether oxygens (including phenoxy) is 1. The highest BCUT2D eigenvalue weighted by atomic mass is 32.1. The summed E-state index contributed by atoms with van der Waals surface area (Å²) in [5.41, 5.74) is 2.49. The fourth-order valence-electron chi connectivity index (χ4n) is 4.63. The summed E-state index contributed by atoms with van der Waals surface area (Å²) in [5, 5.41) is 16.4. The number of hydrogen-bond donors (Lipinski definition) is 2. The SMILES string of the molecule is CCCc1cc2c(N3CCN(C(=N)C(F)(F)F)C(=N)C3)nc(OC3Cc4ccccc4C3)nc2s1. The zero-order valence-corrected chi connectivity index (χ0v) is 20.0. The van der Waals surface area contributed by atoms with Crippen molar-refractivity contribution >= 4 is 39.0 Å². The van der Waals surface area contributed by atoms with Gasteiger partial charge in [-0.1, -0.05) is 37.6 Å². The Hall–Kier alpha value is -3.21. The molecule has 0 spiro atoms. The quantitative estimate of drug-likeness (QED) is 0.385. The van der Waals surface area contributed by atoms with Crippen LogP contribution in [0.5, 0.6) is 6.01 Å². The summed E-state index contributed by atoms with van der Waals surface area (Å²) in [5.74, 6) is -1.24. The van der Waals surface area contributed by atoms with Gasteiger partial charge < -0.3 is 14.5 Å². The Balaban J connectivity index is 1.43. The van der Waals surface area contributed by atoms with Crippen molar-refractivity contribution in [3.63, 3.8) is 0 Å². The van der Waals surface area contributed by atoms with E-state index in [-0.39, 0.29) is 37.6 Å². The van der Waals surface area contributed by atoms with Crippen LogP contribution in [-0.4, -0.2) is 58.5 Å². The van der Waals surface area contributed by atoms with Crippen molar-refractivity contribution < 1.29 is 17.9 Å². The molecule has 0 atom stereocenters. The fourth-order valence-corrected chi connectivity index (χ4v) is 5.75. The number of halogens is 3. The molecule has 3 aromatic rings. The van der Waals surface area contributed by atoms with Gasteiger partial charge in [-0.3, -0.25) is 10.8 Å². The molecule has 1 aliphatic carbocycles. The number of hydrogen-bond acceptors (Lipinski definition) is 7. The second-order valence-corrected chi connectivity index (χ2v) is 9.91. The number of alkyl halides is 3. The predicted molar refractivity (Wildman–Crippen MR) is 130 cm³/mol. The first kappa shape index (κ1) is 23.5. The van der Waals surface area contributed by atoms with Crippen molar-refractivity contribution in [1.82, 2.24) is 14.9 Å². The summed E-state index contributed by atoms with van der Waals surface area (Å²) in [6, 6.07) is 10.5. The van der Waals surface area contributed by atoms with Gasteiger partial charge in [0.25, 0.3) is 0 Å². The second kappa shape index (κ2) is 9.10. The van der Waals surface area contributed by atoms with Crippen LogP contribution in [0.4, 0.5) is 19.0 Å². The highest BCUT2D eigenvalue weighted by Crippen LogP contribution is 2.35. The van der Waals surface area contributed by atoms with E-state index in [1.807, 2.05) is 18.2 Å². The van der Waals surface area contributed by atoms with Crippen LogP contribution >= 0.6 is 11.3 Å². The maximum absolute atomic E-state index is 13.0. The first-order valence-corrected chi connectivity index (χ1v) is 12.3. The van der Waals surface area contributed by atoms with E-state index in [0.717, 1.165) is 40.8 Å². The molecular weight excluding hydrogens is 477 g/mol. The Labute approximate surface area is 204 Å². The first-order chi connectivity index (χ1) is 16.7. The van der Waals surface area contributed by atoms with Crippen molar-refractivity contribution in [3.8, 4) is 6.01 Å². The number of anilines is 1. The largest absolute Gasteiger partial charge is 0.459 e. The minimum atomic E-state index is -4.79. The number of aryl methyl sites for hydroxylation is 1. The molecule has 0 bridgehead atoms. The van der Waals surface area contributed by atoms with E-state index in [9.17, 15) is 13.2 Å². The van der Waals surface area contributed by atoms with Gasteiger partial charge in [0, 0.05) is 30.8 Å². The molecular formula is C24H25F3N6OS. The molecule has 0 amide bonds. The van der Waals surface area contributed by atoms with Crippen LogP contribution in [0.15, 0.2) is 30.3 Å². The highest BCUT2D eigenvalue weighted by Gasteiger charge is 2.41. The van der Waals surface area contributed by atoms with Gasteiger partial charge >= 0.3 is 12.2 Å². The number of fused-ring (bicyclic) bond motifs is 2. The van der Waals surface area contributed by atoms with Crippen LogP contribution in [0, 0.1) is 10.8 Å². The smallest absolute Gasteiger partial charge is 0.449 e. The van der Waals surface area contributed by atoms with Gasteiger partial charge in [-0.25, -0.2) is 0 Å². The van der Waals surface area contributed by atoms with Crippen LogP contribution < -0.4 is 9.64 Å². The fraction of sp³-hybridized carbons (Fsp3) is 0.417. The molecule has 11 heteroatoms. The van der Waals surface area contributed by atoms with E-state index in [1.165, 1.54) is 11.1 Å². The van der Waals surface area contributed by atoms with Crippen molar-refractivity contribution in [2.75, 3.05) is 24.5 Å². The maximum Gasteiger partial charge on any atom is 0.449 e. The molecule has 1 aromatic carbocycles. The van der Waals surface area contributed by atoms with E-state index >= 15 is 0 Å².